The van der Waals surface area contributed by atoms with Crippen molar-refractivity contribution in [2.45, 2.75) is 32.7 Å². The average molecular weight is 192 g/mol. The molecule has 1 aliphatic rings. The van der Waals surface area contributed by atoms with Crippen molar-refractivity contribution < 1.29 is 4.74 Å². The minimum atomic E-state index is 0.509. The van der Waals surface area contributed by atoms with Crippen molar-refractivity contribution in [3.63, 3.8) is 0 Å². The van der Waals surface area contributed by atoms with Crippen LogP contribution < -0.4 is 10.5 Å². The summed E-state index contributed by atoms with van der Waals surface area (Å²) in [6, 6.07) is 0. The van der Waals surface area contributed by atoms with E-state index in [4.69, 9.17) is 10.5 Å². The summed E-state index contributed by atoms with van der Waals surface area (Å²) in [5, 5.41) is 0. The third-order valence-electron chi connectivity index (χ3n) is 2.99. The van der Waals surface area contributed by atoms with E-state index in [0.29, 0.717) is 12.4 Å². The van der Waals surface area contributed by atoms with Crippen molar-refractivity contribution in [3.8, 4) is 5.88 Å². The smallest absolute Gasteiger partial charge is 0.218 e. The molecular formula is C11H16N2O. The molecule has 0 aliphatic heterocycles. The summed E-state index contributed by atoms with van der Waals surface area (Å²) in [5.74, 6) is 0.714. The zero-order valence-electron chi connectivity index (χ0n) is 8.76. The van der Waals surface area contributed by atoms with Crippen LogP contribution in [0.4, 0.5) is 0 Å². The number of fused-ring (bicyclic) bond motifs is 1. The van der Waals surface area contributed by atoms with E-state index in [9.17, 15) is 0 Å². The molecule has 0 spiro atoms. The van der Waals surface area contributed by atoms with E-state index in [1.54, 1.807) is 7.11 Å². The highest BCUT2D eigenvalue weighted by Crippen LogP contribution is 2.30. The van der Waals surface area contributed by atoms with Gasteiger partial charge in [-0.15, -0.1) is 0 Å². The Hall–Kier alpha value is -1.09. The number of ether oxygens (including phenoxy) is 1. The van der Waals surface area contributed by atoms with Gasteiger partial charge in [0.15, 0.2) is 0 Å². The molecule has 1 aromatic rings. The Morgan fingerprint density at radius 2 is 2.21 bits per heavy atom. The SMILES string of the molecule is COc1nc2c(c(C)c1CN)CCC2. The fourth-order valence-corrected chi connectivity index (χ4v) is 2.20. The monoisotopic (exact) mass is 192 g/mol. The second kappa shape index (κ2) is 3.58. The van der Waals surface area contributed by atoms with E-state index < -0.39 is 0 Å². The minimum Gasteiger partial charge on any atom is -0.481 e. The maximum atomic E-state index is 5.70. The Kier molecular flexibility index (Phi) is 2.42. The van der Waals surface area contributed by atoms with Gasteiger partial charge in [0, 0.05) is 17.8 Å². The van der Waals surface area contributed by atoms with E-state index in [0.717, 1.165) is 18.4 Å². The molecule has 3 heteroatoms. The van der Waals surface area contributed by atoms with Crippen molar-refractivity contribution in [3.05, 3.63) is 22.4 Å². The molecule has 0 fully saturated rings. The van der Waals surface area contributed by atoms with Crippen LogP contribution in [0.2, 0.25) is 0 Å². The van der Waals surface area contributed by atoms with Gasteiger partial charge in [-0.3, -0.25) is 0 Å². The Balaban J connectivity index is 2.60. The number of methoxy groups -OCH3 is 1. The summed E-state index contributed by atoms with van der Waals surface area (Å²) >= 11 is 0. The van der Waals surface area contributed by atoms with Crippen LogP contribution in [0.1, 0.15) is 28.8 Å². The Morgan fingerprint density at radius 3 is 2.86 bits per heavy atom. The summed E-state index contributed by atoms with van der Waals surface area (Å²) in [6.07, 6.45) is 3.43. The van der Waals surface area contributed by atoms with Crippen molar-refractivity contribution in [1.29, 1.82) is 0 Å². The molecule has 1 aliphatic carbocycles. The molecule has 0 saturated heterocycles. The van der Waals surface area contributed by atoms with Crippen LogP contribution in [0, 0.1) is 6.92 Å². The van der Waals surface area contributed by atoms with Gasteiger partial charge in [-0.1, -0.05) is 0 Å². The molecule has 0 unspecified atom stereocenters. The first-order valence-electron chi connectivity index (χ1n) is 5.03. The fourth-order valence-electron chi connectivity index (χ4n) is 2.20. The van der Waals surface area contributed by atoms with Crippen molar-refractivity contribution >= 4 is 0 Å². The molecule has 0 amide bonds. The lowest BCUT2D eigenvalue weighted by Gasteiger charge is -2.12. The third-order valence-corrected chi connectivity index (χ3v) is 2.99. The second-order valence-electron chi connectivity index (χ2n) is 3.71. The Labute approximate surface area is 84.3 Å². The lowest BCUT2D eigenvalue weighted by molar-refractivity contribution is 0.390. The number of pyridine rings is 1. The number of hydrogen-bond donors (Lipinski definition) is 1. The van der Waals surface area contributed by atoms with Crippen molar-refractivity contribution in [2.24, 2.45) is 5.73 Å². The number of rotatable bonds is 2. The van der Waals surface area contributed by atoms with Gasteiger partial charge in [0.2, 0.25) is 5.88 Å². The minimum absolute atomic E-state index is 0.509. The molecule has 3 nitrogen and oxygen atoms in total. The Morgan fingerprint density at radius 1 is 1.43 bits per heavy atom. The first kappa shape index (κ1) is 9.46. The van der Waals surface area contributed by atoms with Crippen molar-refractivity contribution in [1.82, 2.24) is 4.98 Å². The lowest BCUT2D eigenvalue weighted by Crippen LogP contribution is -2.07. The van der Waals surface area contributed by atoms with Crippen LogP contribution in [-0.2, 0) is 19.4 Å². The van der Waals surface area contributed by atoms with Gasteiger partial charge in [0.25, 0.3) is 0 Å². The summed E-state index contributed by atoms with van der Waals surface area (Å²) in [5.41, 5.74) is 10.6. The largest absolute Gasteiger partial charge is 0.481 e. The number of aromatic nitrogens is 1. The van der Waals surface area contributed by atoms with Gasteiger partial charge in [0.1, 0.15) is 0 Å². The highest BCUT2D eigenvalue weighted by molar-refractivity contribution is 5.44. The number of nitrogens with zero attached hydrogens (tertiary/aromatic N) is 1. The van der Waals surface area contributed by atoms with Gasteiger partial charge in [0.05, 0.1) is 7.11 Å². The molecule has 2 rings (SSSR count). The lowest BCUT2D eigenvalue weighted by atomic mass is 10.0. The Bertz CT molecular complexity index is 361. The number of aryl methyl sites for hydroxylation is 1. The quantitative estimate of drug-likeness (QED) is 0.769. The topological polar surface area (TPSA) is 48.1 Å². The van der Waals surface area contributed by atoms with Gasteiger partial charge in [-0.25, -0.2) is 4.98 Å². The molecule has 1 aromatic heterocycles. The summed E-state index contributed by atoms with van der Waals surface area (Å²) in [7, 11) is 1.66. The predicted octanol–water partition coefficient (Wildman–Crippen LogP) is 1.35. The molecule has 0 aromatic carbocycles. The van der Waals surface area contributed by atoms with E-state index in [1.165, 1.54) is 23.2 Å². The molecule has 2 N–H and O–H groups in total. The second-order valence-corrected chi connectivity index (χ2v) is 3.71. The summed E-state index contributed by atoms with van der Waals surface area (Å²) in [6.45, 7) is 2.63. The van der Waals surface area contributed by atoms with E-state index in [2.05, 4.69) is 11.9 Å². The van der Waals surface area contributed by atoms with Crippen molar-refractivity contribution in [2.75, 3.05) is 7.11 Å². The third kappa shape index (κ3) is 1.28. The standard InChI is InChI=1S/C11H16N2O/c1-7-8-4-3-5-10(8)13-11(14-2)9(7)6-12/h3-6,12H2,1-2H3. The molecule has 0 bridgehead atoms. The maximum Gasteiger partial charge on any atom is 0.218 e. The molecular weight excluding hydrogens is 176 g/mol. The van der Waals surface area contributed by atoms with Crippen LogP contribution in [-0.4, -0.2) is 12.1 Å². The van der Waals surface area contributed by atoms with Gasteiger partial charge >= 0.3 is 0 Å². The highest BCUT2D eigenvalue weighted by Gasteiger charge is 2.19. The molecule has 0 atom stereocenters. The van der Waals surface area contributed by atoms with Gasteiger partial charge in [-0.05, 0) is 37.3 Å². The molecule has 0 saturated carbocycles. The zero-order valence-corrected chi connectivity index (χ0v) is 8.76. The highest BCUT2D eigenvalue weighted by atomic mass is 16.5. The molecule has 1 heterocycles. The van der Waals surface area contributed by atoms with Crippen LogP contribution in [0.25, 0.3) is 0 Å². The normalized spacial score (nSPS) is 14.2. The molecule has 14 heavy (non-hydrogen) atoms. The number of nitrogens with two attached hydrogens (primary N) is 1. The molecule has 0 radical (unpaired) electrons. The summed E-state index contributed by atoms with van der Waals surface area (Å²) in [4.78, 5) is 4.50. The summed E-state index contributed by atoms with van der Waals surface area (Å²) < 4.78 is 5.25. The van der Waals surface area contributed by atoms with Gasteiger partial charge < -0.3 is 10.5 Å². The maximum absolute atomic E-state index is 5.70. The van der Waals surface area contributed by atoms with Crippen LogP contribution in [0.15, 0.2) is 0 Å². The van der Waals surface area contributed by atoms with Crippen LogP contribution in [0.5, 0.6) is 5.88 Å². The van der Waals surface area contributed by atoms with Gasteiger partial charge in [-0.2, -0.15) is 0 Å². The fraction of sp³-hybridized carbons (Fsp3) is 0.545. The first-order chi connectivity index (χ1) is 6.77. The van der Waals surface area contributed by atoms with E-state index >= 15 is 0 Å². The predicted molar refractivity (Wildman–Crippen MR) is 55.4 cm³/mol. The average Bonchev–Trinajstić information content (AvgIpc) is 2.65. The molecule has 76 valence electrons. The van der Waals surface area contributed by atoms with Crippen LogP contribution >= 0.6 is 0 Å². The first-order valence-corrected chi connectivity index (χ1v) is 5.03. The van der Waals surface area contributed by atoms with E-state index in [-0.39, 0.29) is 0 Å². The zero-order chi connectivity index (χ0) is 10.1. The van der Waals surface area contributed by atoms with E-state index in [1.807, 2.05) is 0 Å². The number of hydrogen-bond acceptors (Lipinski definition) is 3. The van der Waals surface area contributed by atoms with Crippen LogP contribution in [0.3, 0.4) is 0 Å².